The topological polar surface area (TPSA) is 48.5 Å². The maximum absolute atomic E-state index is 4.38. The molecule has 0 saturated carbocycles. The lowest BCUT2D eigenvalue weighted by Gasteiger charge is -2.10. The van der Waals surface area contributed by atoms with Gasteiger partial charge in [0.25, 0.3) is 0 Å². The summed E-state index contributed by atoms with van der Waals surface area (Å²) in [6.45, 7) is 4.17. The van der Waals surface area contributed by atoms with Crippen LogP contribution < -0.4 is 0 Å². The van der Waals surface area contributed by atoms with Crippen molar-refractivity contribution < 1.29 is 0 Å². The molecule has 3 heterocycles. The average molecular weight is 368 g/mol. The third-order valence-electron chi connectivity index (χ3n) is 3.75. The molecule has 0 radical (unpaired) electrons. The Bertz CT molecular complexity index is 955. The molecule has 0 N–H and O–H groups in total. The number of benzene rings is 1. The van der Waals surface area contributed by atoms with E-state index in [0.717, 1.165) is 39.4 Å². The first-order chi connectivity index (χ1) is 11.1. The van der Waals surface area contributed by atoms with Crippen molar-refractivity contribution in [2.45, 2.75) is 20.3 Å². The summed E-state index contributed by atoms with van der Waals surface area (Å²) in [5.74, 6) is 6.76. The van der Waals surface area contributed by atoms with Crippen LogP contribution in [0.1, 0.15) is 30.8 Å². The number of hydrogen-bond donors (Lipinski definition) is 0. The Kier molecular flexibility index (Phi) is 3.31. The number of rotatable bonds is 0. The molecule has 4 rings (SSSR count). The maximum Gasteiger partial charge on any atom is 0.128 e. The van der Waals surface area contributed by atoms with E-state index in [1.165, 1.54) is 0 Å². The number of aromatic nitrogens is 5. The highest BCUT2D eigenvalue weighted by Crippen LogP contribution is 2.30. The predicted molar refractivity (Wildman–Crippen MR) is 90.7 cm³/mol. The van der Waals surface area contributed by atoms with Gasteiger partial charge >= 0.3 is 0 Å². The minimum atomic E-state index is 0.340. The van der Waals surface area contributed by atoms with Gasteiger partial charge in [-0.25, -0.2) is 9.67 Å². The molecule has 5 nitrogen and oxygen atoms in total. The van der Waals surface area contributed by atoms with Crippen molar-refractivity contribution >= 4 is 15.9 Å². The van der Waals surface area contributed by atoms with Crippen LogP contribution in [0.5, 0.6) is 0 Å². The first kappa shape index (κ1) is 14.2. The minimum absolute atomic E-state index is 0.340. The van der Waals surface area contributed by atoms with Gasteiger partial charge in [0.15, 0.2) is 0 Å². The fourth-order valence-corrected chi connectivity index (χ4v) is 3.09. The Balaban J connectivity index is 1.96. The molecule has 0 bridgehead atoms. The summed E-state index contributed by atoms with van der Waals surface area (Å²) in [6.07, 6.45) is 4.35. The van der Waals surface area contributed by atoms with Gasteiger partial charge in [0.1, 0.15) is 10.9 Å². The summed E-state index contributed by atoms with van der Waals surface area (Å²) < 4.78 is 4.82. The number of imidazole rings is 1. The van der Waals surface area contributed by atoms with Crippen LogP contribution in [0.3, 0.4) is 0 Å². The molecule has 0 atom stereocenters. The third kappa shape index (κ3) is 2.37. The molecule has 3 aromatic rings. The largest absolute Gasteiger partial charge is 0.299 e. The van der Waals surface area contributed by atoms with E-state index in [-0.39, 0.29) is 0 Å². The molecule has 1 aliphatic rings. The van der Waals surface area contributed by atoms with E-state index in [2.05, 4.69) is 73.6 Å². The van der Waals surface area contributed by atoms with E-state index in [1.54, 1.807) is 6.20 Å². The van der Waals surface area contributed by atoms with E-state index in [4.69, 9.17) is 0 Å². The zero-order valence-electron chi connectivity index (χ0n) is 12.8. The van der Waals surface area contributed by atoms with Gasteiger partial charge < -0.3 is 0 Å². The lowest BCUT2D eigenvalue weighted by Crippen LogP contribution is -2.03. The number of halogens is 1. The molecule has 2 aromatic heterocycles. The standard InChI is InChI=1S/C17H14BrN5/c1-11(2)3-4-12-5-6-14-15(7-12)23-13(9-20-21-23)8-16-17(18)19-10-22(14)16/h5-7,9-11H,8H2,1-2H3. The van der Waals surface area contributed by atoms with Gasteiger partial charge in [0.2, 0.25) is 0 Å². The van der Waals surface area contributed by atoms with Crippen LogP contribution in [0.4, 0.5) is 0 Å². The van der Waals surface area contributed by atoms with E-state index < -0.39 is 0 Å². The SMILES string of the molecule is CC(C)C#Cc1ccc2c(c1)-n1nncc1Cc1c(Br)ncn1-2. The Morgan fingerprint density at radius 1 is 1.26 bits per heavy atom. The molecule has 1 aliphatic heterocycles. The van der Waals surface area contributed by atoms with Gasteiger partial charge in [0.05, 0.1) is 29.0 Å². The van der Waals surface area contributed by atoms with Crippen molar-refractivity contribution in [3.63, 3.8) is 0 Å². The van der Waals surface area contributed by atoms with Crippen molar-refractivity contribution in [3.8, 4) is 23.2 Å². The quantitative estimate of drug-likeness (QED) is 0.448. The summed E-state index contributed by atoms with van der Waals surface area (Å²) in [7, 11) is 0. The summed E-state index contributed by atoms with van der Waals surface area (Å²) in [6, 6.07) is 6.16. The summed E-state index contributed by atoms with van der Waals surface area (Å²) in [5, 5.41) is 8.32. The van der Waals surface area contributed by atoms with Crippen molar-refractivity contribution in [3.05, 3.63) is 52.3 Å². The number of fused-ring (bicyclic) bond motifs is 5. The van der Waals surface area contributed by atoms with Crippen LogP contribution in [-0.2, 0) is 6.42 Å². The molecule has 23 heavy (non-hydrogen) atoms. The van der Waals surface area contributed by atoms with E-state index >= 15 is 0 Å². The lowest BCUT2D eigenvalue weighted by molar-refractivity contribution is 0.777. The minimum Gasteiger partial charge on any atom is -0.299 e. The predicted octanol–water partition coefficient (Wildman–Crippen LogP) is 3.13. The van der Waals surface area contributed by atoms with E-state index in [1.807, 2.05) is 17.1 Å². The molecule has 0 spiro atoms. The maximum atomic E-state index is 4.38. The molecular formula is C17H14BrN5. The molecule has 6 heteroatoms. The Hall–Kier alpha value is -2.39. The Morgan fingerprint density at radius 3 is 2.96 bits per heavy atom. The van der Waals surface area contributed by atoms with Crippen molar-refractivity contribution in [2.75, 3.05) is 0 Å². The average Bonchev–Trinajstić information content (AvgIpc) is 3.11. The van der Waals surface area contributed by atoms with E-state index in [0.29, 0.717) is 5.92 Å². The number of nitrogens with zero attached hydrogens (tertiary/aromatic N) is 5. The summed E-state index contributed by atoms with van der Waals surface area (Å²) in [5.41, 5.74) is 5.09. The van der Waals surface area contributed by atoms with E-state index in [9.17, 15) is 0 Å². The van der Waals surface area contributed by atoms with Gasteiger partial charge in [-0.1, -0.05) is 30.9 Å². The molecule has 0 unspecified atom stereocenters. The fraction of sp³-hybridized carbons (Fsp3) is 0.235. The van der Waals surface area contributed by atoms with Crippen molar-refractivity contribution in [1.82, 2.24) is 24.5 Å². The molecule has 0 fully saturated rings. The first-order valence-corrected chi connectivity index (χ1v) is 8.20. The highest BCUT2D eigenvalue weighted by Gasteiger charge is 2.22. The van der Waals surface area contributed by atoms with Crippen molar-refractivity contribution in [2.24, 2.45) is 5.92 Å². The monoisotopic (exact) mass is 367 g/mol. The third-order valence-corrected chi connectivity index (χ3v) is 4.41. The Morgan fingerprint density at radius 2 is 2.13 bits per heavy atom. The van der Waals surface area contributed by atoms with Crippen molar-refractivity contribution in [1.29, 1.82) is 0 Å². The number of hydrogen-bond acceptors (Lipinski definition) is 3. The smallest absolute Gasteiger partial charge is 0.128 e. The molecule has 0 aliphatic carbocycles. The zero-order valence-corrected chi connectivity index (χ0v) is 14.4. The van der Waals surface area contributed by atoms with Crippen LogP contribution >= 0.6 is 15.9 Å². The molecular weight excluding hydrogens is 354 g/mol. The highest BCUT2D eigenvalue weighted by atomic mass is 79.9. The van der Waals surface area contributed by atoms with Crippen LogP contribution in [0.25, 0.3) is 11.4 Å². The second-order valence-electron chi connectivity index (χ2n) is 5.79. The summed E-state index contributed by atoms with van der Waals surface area (Å²) >= 11 is 3.53. The molecule has 0 saturated heterocycles. The molecule has 1 aromatic carbocycles. The second-order valence-corrected chi connectivity index (χ2v) is 6.54. The van der Waals surface area contributed by atoms with Gasteiger partial charge in [-0.15, -0.1) is 5.10 Å². The van der Waals surface area contributed by atoms with Gasteiger partial charge in [-0.2, -0.15) is 0 Å². The first-order valence-electron chi connectivity index (χ1n) is 7.41. The van der Waals surface area contributed by atoms with Crippen LogP contribution in [0.2, 0.25) is 0 Å². The van der Waals surface area contributed by atoms with Gasteiger partial charge in [-0.05, 0) is 34.1 Å². The summed E-state index contributed by atoms with van der Waals surface area (Å²) in [4.78, 5) is 4.38. The lowest BCUT2D eigenvalue weighted by atomic mass is 10.1. The fourth-order valence-electron chi connectivity index (χ4n) is 2.67. The van der Waals surface area contributed by atoms with Crippen LogP contribution in [0, 0.1) is 17.8 Å². The second kappa shape index (κ2) is 5.36. The Labute approximate surface area is 142 Å². The van der Waals surface area contributed by atoms with Crippen LogP contribution in [-0.4, -0.2) is 24.5 Å². The van der Waals surface area contributed by atoms with Gasteiger partial charge in [-0.3, -0.25) is 4.57 Å². The molecule has 0 amide bonds. The highest BCUT2D eigenvalue weighted by molar-refractivity contribution is 9.10. The molecule has 114 valence electrons. The van der Waals surface area contributed by atoms with Gasteiger partial charge in [0, 0.05) is 17.9 Å². The van der Waals surface area contributed by atoms with Crippen LogP contribution in [0.15, 0.2) is 35.3 Å². The zero-order chi connectivity index (χ0) is 16.0. The normalized spacial score (nSPS) is 12.0.